The lowest BCUT2D eigenvalue weighted by molar-refractivity contribution is -0.134. The number of carbonyl (C=O) groups excluding carboxylic acids is 4. The van der Waals surface area contributed by atoms with E-state index in [4.69, 9.17) is 9.47 Å². The van der Waals surface area contributed by atoms with Gasteiger partial charge in [0.05, 0.1) is 11.6 Å². The molecule has 3 saturated heterocycles. The maximum absolute atomic E-state index is 15.3. The first-order chi connectivity index (χ1) is 22.9. The molecule has 2 atom stereocenters. The van der Waals surface area contributed by atoms with E-state index in [9.17, 15) is 19.2 Å². The Morgan fingerprint density at radius 1 is 0.958 bits per heavy atom. The number of hydrogen-bond acceptors (Lipinski definition) is 9. The van der Waals surface area contributed by atoms with Crippen molar-refractivity contribution in [2.45, 2.75) is 70.6 Å². The Bertz CT molecular complexity index is 1440. The van der Waals surface area contributed by atoms with Crippen molar-refractivity contribution in [1.82, 2.24) is 26.0 Å². The summed E-state index contributed by atoms with van der Waals surface area (Å²) >= 11 is 0. The van der Waals surface area contributed by atoms with Crippen LogP contribution in [0.5, 0.6) is 0 Å². The summed E-state index contributed by atoms with van der Waals surface area (Å²) in [5, 5.41) is 7.32. The van der Waals surface area contributed by atoms with Crippen molar-refractivity contribution in [3.8, 4) is 0 Å². The van der Waals surface area contributed by atoms with E-state index in [2.05, 4.69) is 21.0 Å². The van der Waals surface area contributed by atoms with E-state index in [0.29, 0.717) is 63.5 Å². The van der Waals surface area contributed by atoms with Crippen LogP contribution in [0.4, 0.5) is 19.7 Å². The number of hydrazine groups is 1. The summed E-state index contributed by atoms with van der Waals surface area (Å²) in [5.74, 6) is -1.45. The van der Waals surface area contributed by atoms with Gasteiger partial charge >= 0.3 is 12.2 Å². The van der Waals surface area contributed by atoms with E-state index in [1.165, 1.54) is 6.07 Å². The minimum Gasteiger partial charge on any atom is -0.445 e. The number of carbonyl (C=O) groups is 4. The fourth-order valence-electron chi connectivity index (χ4n) is 6.53. The molecule has 4 amide bonds. The summed E-state index contributed by atoms with van der Waals surface area (Å²) in [4.78, 5) is 53.4. The molecule has 3 fully saturated rings. The highest BCUT2D eigenvalue weighted by molar-refractivity contribution is 6.00. The molecule has 260 valence electrons. The second kappa shape index (κ2) is 15.8. The lowest BCUT2D eigenvalue weighted by Crippen LogP contribution is -2.56. The zero-order valence-electron chi connectivity index (χ0n) is 28.0. The Balaban J connectivity index is 1.17. The summed E-state index contributed by atoms with van der Waals surface area (Å²) in [6.07, 6.45) is 1.16. The first kappa shape index (κ1) is 35.1. The van der Waals surface area contributed by atoms with Gasteiger partial charge in [-0.25, -0.2) is 19.0 Å². The highest BCUT2D eigenvalue weighted by Crippen LogP contribution is 2.30. The van der Waals surface area contributed by atoms with E-state index in [1.54, 1.807) is 12.1 Å². The monoisotopic (exact) mass is 666 g/mol. The number of anilines is 1. The van der Waals surface area contributed by atoms with Crippen LogP contribution in [0, 0.1) is 11.7 Å². The molecule has 0 spiro atoms. The van der Waals surface area contributed by atoms with Gasteiger partial charge in [-0.15, -0.1) is 0 Å². The van der Waals surface area contributed by atoms with Crippen molar-refractivity contribution in [3.63, 3.8) is 0 Å². The molecule has 2 aromatic rings. The fourth-order valence-corrected chi connectivity index (χ4v) is 6.53. The number of halogens is 1. The maximum Gasteiger partial charge on any atom is 0.422 e. The Morgan fingerprint density at radius 3 is 2.31 bits per heavy atom. The number of piperidine rings is 2. The minimum absolute atomic E-state index is 0.154. The zero-order chi connectivity index (χ0) is 34.3. The topological polar surface area (TPSA) is 133 Å². The predicted octanol–water partition coefficient (Wildman–Crippen LogP) is 3.91. The Labute approximate surface area is 281 Å². The van der Waals surface area contributed by atoms with Crippen LogP contribution < -0.4 is 21.0 Å². The molecule has 3 heterocycles. The first-order valence-electron chi connectivity index (χ1n) is 16.8. The molecule has 2 unspecified atom stereocenters. The largest absolute Gasteiger partial charge is 0.445 e. The van der Waals surface area contributed by atoms with Crippen LogP contribution in [-0.2, 0) is 25.7 Å². The third-order valence-corrected chi connectivity index (χ3v) is 9.05. The Hall–Kier alpha value is -4.23. The third-order valence-electron chi connectivity index (χ3n) is 9.05. The maximum atomic E-state index is 15.3. The molecule has 3 N–H and O–H groups in total. The van der Waals surface area contributed by atoms with Gasteiger partial charge in [-0.05, 0) is 69.2 Å². The van der Waals surface area contributed by atoms with Crippen molar-refractivity contribution >= 4 is 29.7 Å². The summed E-state index contributed by atoms with van der Waals surface area (Å²) in [5.41, 5.74) is 4.19. The van der Waals surface area contributed by atoms with Gasteiger partial charge in [0, 0.05) is 58.3 Å². The highest BCUT2D eigenvalue weighted by Gasteiger charge is 2.33. The molecule has 0 aromatic heterocycles. The molecule has 3 aliphatic heterocycles. The normalized spacial score (nSPS) is 20.5. The van der Waals surface area contributed by atoms with Gasteiger partial charge in [-0.2, -0.15) is 0 Å². The zero-order valence-corrected chi connectivity index (χ0v) is 28.0. The number of alkyl carbamates (subject to hydrolysis) is 1. The van der Waals surface area contributed by atoms with E-state index in [0.717, 1.165) is 18.4 Å². The smallest absolute Gasteiger partial charge is 0.422 e. The van der Waals surface area contributed by atoms with E-state index in [1.807, 2.05) is 61.0 Å². The number of ether oxygens (including phenoxy) is 2. The SMILES string of the molecule is CC(C)(C)OC(=O)NN1CCC(C(CN2CCN(c3ccc(C4CCC(=O)NC4=O)cc3F)CC2)NC(=O)OCc2ccccc2)CC1. The van der Waals surface area contributed by atoms with Crippen LogP contribution in [0.15, 0.2) is 48.5 Å². The summed E-state index contributed by atoms with van der Waals surface area (Å²) in [6.45, 7) is 10.0. The summed E-state index contributed by atoms with van der Waals surface area (Å²) in [6, 6.07) is 14.2. The third kappa shape index (κ3) is 9.89. The van der Waals surface area contributed by atoms with E-state index >= 15 is 4.39 Å². The summed E-state index contributed by atoms with van der Waals surface area (Å²) < 4.78 is 26.3. The quantitative estimate of drug-likeness (QED) is 0.341. The van der Waals surface area contributed by atoms with Crippen LogP contribution >= 0.6 is 0 Å². The molecule has 48 heavy (non-hydrogen) atoms. The van der Waals surface area contributed by atoms with Gasteiger partial charge in [0.15, 0.2) is 0 Å². The number of rotatable bonds is 9. The number of imide groups is 1. The number of piperazine rings is 1. The Morgan fingerprint density at radius 2 is 1.67 bits per heavy atom. The number of hydrogen-bond donors (Lipinski definition) is 3. The molecule has 0 radical (unpaired) electrons. The van der Waals surface area contributed by atoms with Crippen LogP contribution in [0.3, 0.4) is 0 Å². The molecule has 12 nitrogen and oxygen atoms in total. The molecule has 2 aromatic carbocycles. The highest BCUT2D eigenvalue weighted by atomic mass is 19.1. The van der Waals surface area contributed by atoms with Crippen LogP contribution in [0.1, 0.15) is 63.5 Å². The van der Waals surface area contributed by atoms with Crippen molar-refractivity contribution in [2.75, 3.05) is 50.7 Å². The number of nitrogens with one attached hydrogen (secondary N) is 3. The average molecular weight is 667 g/mol. The van der Waals surface area contributed by atoms with Gasteiger partial charge < -0.3 is 19.7 Å². The molecule has 3 aliphatic rings. The lowest BCUT2D eigenvalue weighted by Gasteiger charge is -2.41. The molecule has 13 heteroatoms. The second-order valence-electron chi connectivity index (χ2n) is 13.8. The first-order valence-corrected chi connectivity index (χ1v) is 16.8. The molecular formula is C35H47FN6O6. The molecule has 0 aliphatic carbocycles. The van der Waals surface area contributed by atoms with Crippen LogP contribution in [-0.4, -0.2) is 91.4 Å². The lowest BCUT2D eigenvalue weighted by atomic mass is 9.89. The van der Waals surface area contributed by atoms with Crippen molar-refractivity contribution in [2.24, 2.45) is 5.92 Å². The second-order valence-corrected chi connectivity index (χ2v) is 13.8. The van der Waals surface area contributed by atoms with Crippen molar-refractivity contribution in [1.29, 1.82) is 0 Å². The van der Waals surface area contributed by atoms with Gasteiger partial charge in [0.25, 0.3) is 0 Å². The van der Waals surface area contributed by atoms with Gasteiger partial charge in [-0.1, -0.05) is 36.4 Å². The van der Waals surface area contributed by atoms with Crippen LogP contribution in [0.25, 0.3) is 0 Å². The predicted molar refractivity (Wildman–Crippen MR) is 177 cm³/mol. The molecule has 0 saturated carbocycles. The van der Waals surface area contributed by atoms with Crippen molar-refractivity contribution < 1.29 is 33.0 Å². The number of benzene rings is 2. The van der Waals surface area contributed by atoms with E-state index < -0.39 is 29.5 Å². The minimum atomic E-state index is -0.591. The van der Waals surface area contributed by atoms with Gasteiger partial charge in [0.2, 0.25) is 11.8 Å². The van der Waals surface area contributed by atoms with E-state index in [-0.39, 0.29) is 36.8 Å². The Kier molecular flexibility index (Phi) is 11.5. The number of nitrogens with zero attached hydrogens (tertiary/aromatic N) is 3. The van der Waals surface area contributed by atoms with Crippen molar-refractivity contribution in [3.05, 3.63) is 65.5 Å². The molecular weight excluding hydrogens is 619 g/mol. The van der Waals surface area contributed by atoms with Gasteiger partial charge in [-0.3, -0.25) is 25.2 Å². The summed E-state index contributed by atoms with van der Waals surface area (Å²) in [7, 11) is 0. The van der Waals surface area contributed by atoms with Crippen LogP contribution in [0.2, 0.25) is 0 Å². The number of amides is 4. The standard InChI is InChI=1S/C35H47FN6O6/c1-35(2,3)48-34(46)39-42-15-13-25(14-16-42)29(37-33(45)47-23-24-7-5-4-6-8-24)22-40-17-19-41(20-18-40)30-11-9-26(21-28(30)36)27-10-12-31(43)38-32(27)44/h4-9,11,21,25,27,29H,10,12-20,22-23H2,1-3H3,(H,37,45)(H,39,46)(H,38,43,44). The average Bonchev–Trinajstić information content (AvgIpc) is 3.04. The fraction of sp³-hybridized carbons (Fsp3) is 0.543. The molecule has 5 rings (SSSR count). The van der Waals surface area contributed by atoms with Gasteiger partial charge in [0.1, 0.15) is 18.0 Å². The molecule has 0 bridgehead atoms.